The van der Waals surface area contributed by atoms with Crippen LogP contribution in [0.1, 0.15) is 18.1 Å². The Kier molecular flexibility index (Phi) is 6.21. The minimum atomic E-state index is -0.488. The highest BCUT2D eigenvalue weighted by molar-refractivity contribution is 5.85. The predicted molar refractivity (Wildman–Crippen MR) is 80.5 cm³/mol. The summed E-state index contributed by atoms with van der Waals surface area (Å²) in [7, 11) is 0. The third-order valence-electron chi connectivity index (χ3n) is 2.88. The van der Waals surface area contributed by atoms with Gasteiger partial charge in [0, 0.05) is 18.9 Å². The van der Waals surface area contributed by atoms with Crippen LogP contribution in [0, 0.1) is 0 Å². The second-order valence-electron chi connectivity index (χ2n) is 4.48. The molecule has 108 valence electrons. The molecule has 0 fully saturated rings. The summed E-state index contributed by atoms with van der Waals surface area (Å²) >= 11 is 0. The van der Waals surface area contributed by atoms with Crippen LogP contribution in [-0.4, -0.2) is 21.7 Å². The minimum Gasteiger partial charge on any atom is -0.351 e. The summed E-state index contributed by atoms with van der Waals surface area (Å²) in [5, 5.41) is 7.01. The number of nitrogens with two attached hydrogens (primary N) is 1. The number of rotatable bonds is 5. The van der Waals surface area contributed by atoms with E-state index in [4.69, 9.17) is 5.73 Å². The van der Waals surface area contributed by atoms with Crippen LogP contribution in [0.4, 0.5) is 0 Å². The van der Waals surface area contributed by atoms with Crippen LogP contribution in [0.15, 0.2) is 42.7 Å². The highest BCUT2D eigenvalue weighted by Gasteiger charge is 2.08. The first kappa shape index (κ1) is 16.2. The lowest BCUT2D eigenvalue weighted by atomic mass is 10.1. The van der Waals surface area contributed by atoms with Crippen LogP contribution in [-0.2, 0) is 17.9 Å². The zero-order valence-corrected chi connectivity index (χ0v) is 12.1. The lowest BCUT2D eigenvalue weighted by molar-refractivity contribution is -0.122. The molecule has 0 spiro atoms. The summed E-state index contributed by atoms with van der Waals surface area (Å²) in [5.41, 5.74) is 7.73. The number of halogens is 1. The quantitative estimate of drug-likeness (QED) is 0.873. The van der Waals surface area contributed by atoms with Gasteiger partial charge in [-0.15, -0.1) is 12.4 Å². The number of amides is 1. The van der Waals surface area contributed by atoms with Crippen LogP contribution in [0.2, 0.25) is 0 Å². The van der Waals surface area contributed by atoms with Gasteiger partial charge < -0.3 is 11.1 Å². The zero-order chi connectivity index (χ0) is 13.7. The molecule has 20 heavy (non-hydrogen) atoms. The number of carbonyl (C=O) groups is 1. The number of aromatic nitrogens is 2. The highest BCUT2D eigenvalue weighted by Crippen LogP contribution is 2.10. The van der Waals surface area contributed by atoms with E-state index in [0.717, 1.165) is 11.1 Å². The van der Waals surface area contributed by atoms with Crippen molar-refractivity contribution in [2.75, 3.05) is 0 Å². The van der Waals surface area contributed by atoms with Crippen LogP contribution in [0.25, 0.3) is 0 Å². The Bertz CT molecular complexity index is 540. The van der Waals surface area contributed by atoms with E-state index in [2.05, 4.69) is 10.4 Å². The van der Waals surface area contributed by atoms with Crippen LogP contribution >= 0.6 is 12.4 Å². The zero-order valence-electron chi connectivity index (χ0n) is 11.3. The molecule has 5 nitrogen and oxygen atoms in total. The molecule has 2 aromatic rings. The number of hydrogen-bond acceptors (Lipinski definition) is 3. The lowest BCUT2D eigenvalue weighted by Gasteiger charge is -2.12. The van der Waals surface area contributed by atoms with Gasteiger partial charge >= 0.3 is 0 Å². The molecule has 6 heteroatoms. The Morgan fingerprint density at radius 1 is 1.35 bits per heavy atom. The van der Waals surface area contributed by atoms with Crippen LogP contribution in [0.5, 0.6) is 0 Å². The van der Waals surface area contributed by atoms with Gasteiger partial charge in [0.15, 0.2) is 0 Å². The molecule has 1 aromatic heterocycles. The molecule has 0 radical (unpaired) electrons. The molecule has 1 aromatic carbocycles. The lowest BCUT2D eigenvalue weighted by Crippen LogP contribution is -2.38. The molecule has 1 amide bonds. The maximum absolute atomic E-state index is 11.5. The van der Waals surface area contributed by atoms with E-state index in [1.165, 1.54) is 0 Å². The van der Waals surface area contributed by atoms with Gasteiger partial charge in [0.05, 0.1) is 12.6 Å². The SMILES string of the molecule is CC(N)C(=O)NCc1ccccc1Cn1cccn1.Cl. The first-order valence-corrected chi connectivity index (χ1v) is 6.24. The molecular weight excluding hydrogens is 276 g/mol. The van der Waals surface area contributed by atoms with Crippen molar-refractivity contribution >= 4 is 18.3 Å². The molecule has 1 heterocycles. The van der Waals surface area contributed by atoms with E-state index in [-0.39, 0.29) is 18.3 Å². The Hall–Kier alpha value is -1.85. The molecule has 0 saturated carbocycles. The van der Waals surface area contributed by atoms with Crippen molar-refractivity contribution in [1.82, 2.24) is 15.1 Å². The smallest absolute Gasteiger partial charge is 0.236 e. The summed E-state index contributed by atoms with van der Waals surface area (Å²) < 4.78 is 1.85. The first-order valence-electron chi connectivity index (χ1n) is 6.24. The molecule has 0 aliphatic heterocycles. The fourth-order valence-corrected chi connectivity index (χ4v) is 1.80. The molecule has 0 aliphatic rings. The highest BCUT2D eigenvalue weighted by atomic mass is 35.5. The second-order valence-corrected chi connectivity index (χ2v) is 4.48. The van der Waals surface area contributed by atoms with Gasteiger partial charge in [-0.1, -0.05) is 24.3 Å². The van der Waals surface area contributed by atoms with E-state index in [0.29, 0.717) is 13.1 Å². The molecule has 2 rings (SSSR count). The van der Waals surface area contributed by atoms with Gasteiger partial charge in [0.1, 0.15) is 0 Å². The Morgan fingerprint density at radius 3 is 2.65 bits per heavy atom. The number of nitrogens with zero attached hydrogens (tertiary/aromatic N) is 2. The van der Waals surface area contributed by atoms with Gasteiger partial charge in [0.25, 0.3) is 0 Å². The van der Waals surface area contributed by atoms with Crippen LogP contribution < -0.4 is 11.1 Å². The van der Waals surface area contributed by atoms with Gasteiger partial charge in [-0.2, -0.15) is 5.10 Å². The maximum atomic E-state index is 11.5. The largest absolute Gasteiger partial charge is 0.351 e. The van der Waals surface area contributed by atoms with Gasteiger partial charge in [-0.25, -0.2) is 0 Å². The van der Waals surface area contributed by atoms with E-state index < -0.39 is 6.04 Å². The first-order chi connectivity index (χ1) is 9.16. The van der Waals surface area contributed by atoms with Gasteiger partial charge in [-0.05, 0) is 24.1 Å². The minimum absolute atomic E-state index is 0. The number of benzene rings is 1. The number of nitrogens with one attached hydrogen (secondary N) is 1. The van der Waals surface area contributed by atoms with E-state index in [9.17, 15) is 4.79 Å². The fourth-order valence-electron chi connectivity index (χ4n) is 1.80. The van der Waals surface area contributed by atoms with Crippen molar-refractivity contribution < 1.29 is 4.79 Å². The van der Waals surface area contributed by atoms with Crippen molar-refractivity contribution in [2.45, 2.75) is 26.1 Å². The third kappa shape index (κ3) is 4.36. The second kappa shape index (κ2) is 7.67. The number of carbonyl (C=O) groups excluding carboxylic acids is 1. The van der Waals surface area contributed by atoms with E-state index >= 15 is 0 Å². The van der Waals surface area contributed by atoms with E-state index in [1.54, 1.807) is 13.1 Å². The van der Waals surface area contributed by atoms with Crippen LogP contribution in [0.3, 0.4) is 0 Å². The van der Waals surface area contributed by atoms with Crippen molar-refractivity contribution in [3.63, 3.8) is 0 Å². The van der Waals surface area contributed by atoms with Crippen molar-refractivity contribution in [3.8, 4) is 0 Å². The Labute approximate surface area is 124 Å². The Balaban J connectivity index is 0.00000200. The summed E-state index contributed by atoms with van der Waals surface area (Å²) in [4.78, 5) is 11.5. The molecule has 0 bridgehead atoms. The van der Waals surface area contributed by atoms with Crippen molar-refractivity contribution in [2.24, 2.45) is 5.73 Å². The standard InChI is InChI=1S/C14H18N4O.ClH/c1-11(15)14(19)16-9-12-5-2-3-6-13(12)10-18-8-4-7-17-18;/h2-8,11H,9-10,15H2,1H3,(H,16,19);1H. The molecule has 0 saturated heterocycles. The van der Waals surface area contributed by atoms with Gasteiger partial charge in [-0.3, -0.25) is 9.48 Å². The fraction of sp³-hybridized carbons (Fsp3) is 0.286. The average molecular weight is 295 g/mol. The molecule has 1 unspecified atom stereocenters. The topological polar surface area (TPSA) is 72.9 Å². The summed E-state index contributed by atoms with van der Waals surface area (Å²) in [6.07, 6.45) is 3.66. The third-order valence-corrected chi connectivity index (χ3v) is 2.88. The van der Waals surface area contributed by atoms with Gasteiger partial charge in [0.2, 0.25) is 5.91 Å². The van der Waals surface area contributed by atoms with E-state index in [1.807, 2.05) is 41.2 Å². The molecular formula is C14H19ClN4O. The van der Waals surface area contributed by atoms with Crippen molar-refractivity contribution in [3.05, 3.63) is 53.9 Å². The summed E-state index contributed by atoms with van der Waals surface area (Å²) in [6, 6.07) is 9.38. The Morgan fingerprint density at radius 2 is 2.05 bits per heavy atom. The monoisotopic (exact) mass is 294 g/mol. The number of hydrogen-bond donors (Lipinski definition) is 2. The molecule has 0 aliphatic carbocycles. The molecule has 3 N–H and O–H groups in total. The normalized spacial score (nSPS) is 11.5. The summed E-state index contributed by atoms with van der Waals surface area (Å²) in [6.45, 7) is 2.85. The maximum Gasteiger partial charge on any atom is 0.236 e. The van der Waals surface area contributed by atoms with Crippen molar-refractivity contribution in [1.29, 1.82) is 0 Å². The summed E-state index contributed by atoms with van der Waals surface area (Å²) in [5.74, 6) is -0.145. The average Bonchev–Trinajstić information content (AvgIpc) is 2.90. The predicted octanol–water partition coefficient (Wildman–Crippen LogP) is 1.32. The molecule has 1 atom stereocenters.